The zero-order chi connectivity index (χ0) is 37.3. The van der Waals surface area contributed by atoms with E-state index in [-0.39, 0.29) is 11.8 Å². The first kappa shape index (κ1) is 34.3. The van der Waals surface area contributed by atoms with Crippen molar-refractivity contribution in [1.29, 1.82) is 0 Å². The fraction of sp³-hybridized carbons (Fsp3) is 0.0238. The van der Waals surface area contributed by atoms with E-state index in [9.17, 15) is 14.4 Å². The van der Waals surface area contributed by atoms with E-state index < -0.39 is 5.91 Å². The third-order valence-corrected chi connectivity index (χ3v) is 9.28. The minimum atomic E-state index is -0.503. The van der Waals surface area contributed by atoms with E-state index in [0.29, 0.717) is 49.7 Å². The largest absolute Gasteiger partial charge is 0.457 e. The molecule has 0 bridgehead atoms. The lowest BCUT2D eigenvalue weighted by atomic mass is 10.0. The molecule has 9 rings (SSSR count). The molecule has 0 fully saturated rings. The number of hydrogen-bond donors (Lipinski definition) is 3. The third-order valence-electron chi connectivity index (χ3n) is 8.81. The van der Waals surface area contributed by atoms with Gasteiger partial charge in [0, 0.05) is 61.9 Å². The molecule has 0 saturated carbocycles. The van der Waals surface area contributed by atoms with Crippen LogP contribution in [0.15, 0.2) is 128 Å². The SMILES string of the molecule is NC(=O)c1cccc(-c2ccc(/C=C3/C(=O)Nc4ccc(Cl)cc43)o2)c1.O=C1Nc2ccc(Cl)cc2/C1=C\c1ccc(-c2cccc(C3=NN=CC3)c2)o1. The molecule has 6 aromatic rings. The van der Waals surface area contributed by atoms with Gasteiger partial charge < -0.3 is 25.2 Å². The fourth-order valence-corrected chi connectivity index (χ4v) is 6.54. The summed E-state index contributed by atoms with van der Waals surface area (Å²) >= 11 is 12.1. The highest BCUT2D eigenvalue weighted by atomic mass is 35.5. The number of rotatable bonds is 6. The molecule has 3 amide bonds. The standard InChI is InChI=1S/C22H14ClN3O2.C20H13ClN2O3/c23-15-4-6-20-17(11-15)18(22(27)25-20)12-16-5-7-21(28-16)14-3-1-2-13(10-14)19-8-9-24-26-19;21-13-4-6-17-15(9-13)16(20(25)23-17)10-14-5-7-18(26-14)11-2-1-3-12(8-11)19(22)24/h1-7,9-12H,8H2,(H,25,27);1-10H,(H2,22,24)(H,23,25)/b18-12+;16-10+. The van der Waals surface area contributed by atoms with Crippen LogP contribution < -0.4 is 16.4 Å². The van der Waals surface area contributed by atoms with Crippen LogP contribution in [-0.4, -0.2) is 29.6 Å². The predicted molar refractivity (Wildman–Crippen MR) is 212 cm³/mol. The van der Waals surface area contributed by atoms with E-state index in [1.165, 1.54) is 0 Å². The number of primary amides is 1. The Labute approximate surface area is 318 Å². The van der Waals surface area contributed by atoms with Gasteiger partial charge in [0.2, 0.25) is 5.91 Å². The van der Waals surface area contributed by atoms with Crippen LogP contribution in [0.2, 0.25) is 10.0 Å². The molecule has 264 valence electrons. The highest BCUT2D eigenvalue weighted by molar-refractivity contribution is 6.37. The van der Waals surface area contributed by atoms with E-state index in [1.54, 1.807) is 85.1 Å². The second-order valence-electron chi connectivity index (χ2n) is 12.4. The fourth-order valence-electron chi connectivity index (χ4n) is 6.19. The summed E-state index contributed by atoms with van der Waals surface area (Å²) in [7, 11) is 0. The van der Waals surface area contributed by atoms with Crippen molar-refractivity contribution < 1.29 is 23.2 Å². The number of benzene rings is 4. The summed E-state index contributed by atoms with van der Waals surface area (Å²) < 4.78 is 11.8. The van der Waals surface area contributed by atoms with Crippen molar-refractivity contribution in [3.05, 3.63) is 153 Å². The second-order valence-corrected chi connectivity index (χ2v) is 13.3. The highest BCUT2D eigenvalue weighted by Crippen LogP contribution is 2.37. The summed E-state index contributed by atoms with van der Waals surface area (Å²) in [4.78, 5) is 35.9. The van der Waals surface area contributed by atoms with Crippen LogP contribution in [0.3, 0.4) is 0 Å². The van der Waals surface area contributed by atoms with Gasteiger partial charge in [-0.3, -0.25) is 14.4 Å². The molecule has 0 radical (unpaired) electrons. The number of fused-ring (bicyclic) bond motifs is 2. The lowest BCUT2D eigenvalue weighted by molar-refractivity contribution is -0.111. The van der Waals surface area contributed by atoms with Crippen LogP contribution in [0.4, 0.5) is 11.4 Å². The quantitative estimate of drug-likeness (QED) is 0.145. The van der Waals surface area contributed by atoms with E-state index in [4.69, 9.17) is 37.8 Å². The van der Waals surface area contributed by atoms with Crippen molar-refractivity contribution in [2.24, 2.45) is 15.9 Å². The number of nitrogens with zero attached hydrogens (tertiary/aromatic N) is 2. The molecular formula is C42H27Cl2N5O5. The van der Waals surface area contributed by atoms with Crippen molar-refractivity contribution in [1.82, 2.24) is 0 Å². The van der Waals surface area contributed by atoms with Gasteiger partial charge in [0.05, 0.1) is 16.9 Å². The number of carbonyl (C=O) groups excluding carboxylic acids is 3. The molecule has 2 aromatic heterocycles. The monoisotopic (exact) mass is 751 g/mol. The summed E-state index contributed by atoms with van der Waals surface area (Å²) in [5, 5.41) is 14.8. The van der Waals surface area contributed by atoms with Crippen molar-refractivity contribution in [2.75, 3.05) is 10.6 Å². The lowest BCUT2D eigenvalue weighted by Gasteiger charge is -2.02. The molecule has 10 nitrogen and oxygen atoms in total. The van der Waals surface area contributed by atoms with Gasteiger partial charge in [-0.2, -0.15) is 10.2 Å². The molecule has 0 unspecified atom stereocenters. The first-order valence-electron chi connectivity index (χ1n) is 16.6. The Morgan fingerprint density at radius 2 is 1.20 bits per heavy atom. The van der Waals surface area contributed by atoms with Crippen molar-refractivity contribution in [3.63, 3.8) is 0 Å². The maximum Gasteiger partial charge on any atom is 0.256 e. The summed E-state index contributed by atoms with van der Waals surface area (Å²) in [5.41, 5.74) is 13.3. The zero-order valence-corrected chi connectivity index (χ0v) is 29.6. The van der Waals surface area contributed by atoms with Gasteiger partial charge in [-0.05, 0) is 96.6 Å². The molecule has 0 spiro atoms. The van der Waals surface area contributed by atoms with E-state index in [2.05, 4.69) is 20.8 Å². The number of nitrogens with one attached hydrogen (secondary N) is 2. The maximum atomic E-state index is 12.3. The van der Waals surface area contributed by atoms with Crippen LogP contribution in [-0.2, 0) is 9.59 Å². The molecule has 3 aliphatic heterocycles. The maximum absolute atomic E-state index is 12.3. The minimum Gasteiger partial charge on any atom is -0.457 e. The number of amides is 3. The van der Waals surface area contributed by atoms with Gasteiger partial charge in [0.1, 0.15) is 23.0 Å². The molecule has 0 saturated heterocycles. The topological polar surface area (TPSA) is 152 Å². The van der Waals surface area contributed by atoms with E-state index >= 15 is 0 Å². The molecule has 0 aliphatic carbocycles. The van der Waals surface area contributed by atoms with Crippen LogP contribution in [0, 0.1) is 0 Å². The number of furan rings is 2. The first-order valence-corrected chi connectivity index (χ1v) is 17.4. The van der Waals surface area contributed by atoms with Crippen LogP contribution in [0.25, 0.3) is 45.9 Å². The van der Waals surface area contributed by atoms with Gasteiger partial charge >= 0.3 is 0 Å². The first-order chi connectivity index (χ1) is 26.2. The molecule has 54 heavy (non-hydrogen) atoms. The van der Waals surface area contributed by atoms with Crippen molar-refractivity contribution >= 4 is 87.5 Å². The molecule has 5 heterocycles. The van der Waals surface area contributed by atoms with Gasteiger partial charge in [-0.25, -0.2) is 0 Å². The Balaban J connectivity index is 0.000000154. The number of anilines is 2. The number of halogens is 2. The Morgan fingerprint density at radius 3 is 1.74 bits per heavy atom. The lowest BCUT2D eigenvalue weighted by Crippen LogP contribution is -2.10. The van der Waals surface area contributed by atoms with Crippen LogP contribution in [0.5, 0.6) is 0 Å². The van der Waals surface area contributed by atoms with Crippen molar-refractivity contribution in [2.45, 2.75) is 6.42 Å². The molecular weight excluding hydrogens is 725 g/mol. The van der Waals surface area contributed by atoms with Gasteiger partial charge in [-0.15, -0.1) is 0 Å². The highest BCUT2D eigenvalue weighted by Gasteiger charge is 2.26. The minimum absolute atomic E-state index is 0.170. The summed E-state index contributed by atoms with van der Waals surface area (Å²) in [6.45, 7) is 0. The molecule has 12 heteroatoms. The summed E-state index contributed by atoms with van der Waals surface area (Å²) in [5.74, 6) is 1.52. The van der Waals surface area contributed by atoms with Crippen molar-refractivity contribution in [3.8, 4) is 22.6 Å². The van der Waals surface area contributed by atoms with Crippen LogP contribution in [0.1, 0.15) is 45.0 Å². The molecule has 4 aromatic carbocycles. The van der Waals surface area contributed by atoms with Gasteiger partial charge in [0.25, 0.3) is 11.8 Å². The van der Waals surface area contributed by atoms with E-state index in [0.717, 1.165) is 51.4 Å². The Bertz CT molecular complexity index is 2650. The molecule has 3 aliphatic rings. The number of hydrogen-bond acceptors (Lipinski definition) is 7. The summed E-state index contributed by atoms with van der Waals surface area (Å²) in [6.07, 6.45) is 5.92. The number of carbonyl (C=O) groups is 3. The van der Waals surface area contributed by atoms with Gasteiger partial charge in [0.15, 0.2) is 0 Å². The van der Waals surface area contributed by atoms with Crippen LogP contribution >= 0.6 is 23.2 Å². The average Bonchev–Trinajstić information content (AvgIpc) is 4.03. The Morgan fingerprint density at radius 1 is 0.667 bits per heavy atom. The summed E-state index contributed by atoms with van der Waals surface area (Å²) in [6, 6.07) is 32.7. The average molecular weight is 753 g/mol. The predicted octanol–water partition coefficient (Wildman–Crippen LogP) is 9.46. The number of nitrogens with two attached hydrogens (primary N) is 1. The third kappa shape index (κ3) is 7.03. The van der Waals surface area contributed by atoms with Gasteiger partial charge in [-0.1, -0.05) is 53.5 Å². The second kappa shape index (κ2) is 14.3. The normalized spacial score (nSPS) is 15.4. The molecule has 4 N–H and O–H groups in total. The van der Waals surface area contributed by atoms with E-state index in [1.807, 2.05) is 42.5 Å². The Hall–Kier alpha value is -6.75. The zero-order valence-electron chi connectivity index (χ0n) is 28.1. The Kier molecular flexibility index (Phi) is 9.12. The molecule has 0 atom stereocenters. The smallest absolute Gasteiger partial charge is 0.256 e.